The number of ether oxygens (including phenoxy) is 1. The molecule has 38 heavy (non-hydrogen) atoms. The molecule has 0 bridgehead atoms. The maximum absolute atomic E-state index is 13.8. The van der Waals surface area contributed by atoms with E-state index in [0.29, 0.717) is 34.3 Å². The number of hydrogen-bond donors (Lipinski definition) is 1. The fraction of sp³-hybridized carbons (Fsp3) is 0.333. The van der Waals surface area contributed by atoms with Crippen molar-refractivity contribution in [2.75, 3.05) is 13.2 Å². The Labute approximate surface area is 243 Å². The van der Waals surface area contributed by atoms with E-state index >= 15 is 0 Å². The maximum atomic E-state index is 13.8. The first-order valence-electron chi connectivity index (χ1n) is 12.6. The summed E-state index contributed by atoms with van der Waals surface area (Å²) in [4.78, 5) is 28.8. The monoisotopic (exact) mass is 618 g/mol. The molecule has 0 spiro atoms. The quantitative estimate of drug-likeness (QED) is 0.216. The lowest BCUT2D eigenvalue weighted by molar-refractivity contribution is -0.142. The number of nitrogens with one attached hydrogen (secondary N) is 1. The smallest absolute Gasteiger partial charge is 0.261 e. The minimum absolute atomic E-state index is 0.0673. The van der Waals surface area contributed by atoms with Gasteiger partial charge in [0.25, 0.3) is 5.91 Å². The van der Waals surface area contributed by atoms with Crippen LogP contribution in [-0.4, -0.2) is 35.9 Å². The van der Waals surface area contributed by atoms with Crippen LogP contribution in [0.2, 0.25) is 10.0 Å². The number of nitrogens with zero attached hydrogens (tertiary/aromatic N) is 1. The predicted octanol–water partition coefficient (Wildman–Crippen LogP) is 7.31. The highest BCUT2D eigenvalue weighted by molar-refractivity contribution is 9.10. The number of carbonyl (C=O) groups is 2. The van der Waals surface area contributed by atoms with Crippen LogP contribution in [0.15, 0.2) is 65.1 Å². The number of benzene rings is 3. The highest BCUT2D eigenvalue weighted by atomic mass is 79.9. The fourth-order valence-electron chi connectivity index (χ4n) is 4.13. The predicted molar refractivity (Wildman–Crippen MR) is 158 cm³/mol. The molecule has 1 atom stereocenters. The van der Waals surface area contributed by atoms with Crippen molar-refractivity contribution in [3.05, 3.63) is 97.4 Å². The van der Waals surface area contributed by atoms with Gasteiger partial charge in [-0.3, -0.25) is 9.59 Å². The number of amides is 2. The van der Waals surface area contributed by atoms with E-state index < -0.39 is 6.04 Å². The van der Waals surface area contributed by atoms with Crippen molar-refractivity contribution in [2.45, 2.75) is 52.6 Å². The summed E-state index contributed by atoms with van der Waals surface area (Å²) in [6, 6.07) is 17.8. The van der Waals surface area contributed by atoms with Crippen LogP contribution >= 0.6 is 39.1 Å². The number of aryl methyl sites for hydroxylation is 2. The zero-order valence-corrected chi connectivity index (χ0v) is 25.0. The van der Waals surface area contributed by atoms with E-state index in [1.165, 1.54) is 4.90 Å². The van der Waals surface area contributed by atoms with Crippen molar-refractivity contribution >= 4 is 50.9 Å². The van der Waals surface area contributed by atoms with E-state index in [9.17, 15) is 9.59 Å². The number of carbonyl (C=O) groups excluding carboxylic acids is 2. The molecule has 202 valence electrons. The topological polar surface area (TPSA) is 58.6 Å². The van der Waals surface area contributed by atoms with Gasteiger partial charge in [0.1, 0.15) is 11.8 Å². The Kier molecular flexibility index (Phi) is 11.5. The van der Waals surface area contributed by atoms with Crippen molar-refractivity contribution in [1.82, 2.24) is 10.2 Å². The molecule has 0 fully saturated rings. The van der Waals surface area contributed by atoms with Gasteiger partial charge in [0, 0.05) is 39.6 Å². The summed E-state index contributed by atoms with van der Waals surface area (Å²) in [5.74, 6) is 0.0132. The second kappa shape index (κ2) is 14.6. The fourth-order valence-corrected chi connectivity index (χ4v) is 4.88. The Balaban J connectivity index is 1.95. The van der Waals surface area contributed by atoms with E-state index in [2.05, 4.69) is 28.2 Å². The van der Waals surface area contributed by atoms with Gasteiger partial charge in [-0.15, -0.1) is 0 Å². The Morgan fingerprint density at radius 2 is 1.63 bits per heavy atom. The van der Waals surface area contributed by atoms with E-state index in [4.69, 9.17) is 27.9 Å². The summed E-state index contributed by atoms with van der Waals surface area (Å²) in [5.41, 5.74) is 3.53. The third-order valence-electron chi connectivity index (χ3n) is 6.26. The number of hydrogen-bond acceptors (Lipinski definition) is 3. The lowest BCUT2D eigenvalue weighted by Gasteiger charge is -2.32. The van der Waals surface area contributed by atoms with Gasteiger partial charge in [-0.25, -0.2) is 0 Å². The van der Waals surface area contributed by atoms with E-state index in [1.54, 1.807) is 18.2 Å². The largest absolute Gasteiger partial charge is 0.484 e. The average molecular weight is 620 g/mol. The molecule has 0 radical (unpaired) electrons. The summed E-state index contributed by atoms with van der Waals surface area (Å²) in [5, 5.41) is 3.87. The first-order valence-corrected chi connectivity index (χ1v) is 14.2. The van der Waals surface area contributed by atoms with Gasteiger partial charge in [-0.2, -0.15) is 0 Å². The van der Waals surface area contributed by atoms with Gasteiger partial charge in [0.05, 0.1) is 0 Å². The maximum Gasteiger partial charge on any atom is 0.261 e. The summed E-state index contributed by atoms with van der Waals surface area (Å²) in [6.45, 7) is 6.35. The van der Waals surface area contributed by atoms with Gasteiger partial charge >= 0.3 is 0 Å². The molecule has 0 saturated heterocycles. The van der Waals surface area contributed by atoms with Crippen LogP contribution in [0, 0.1) is 13.8 Å². The molecule has 3 aromatic carbocycles. The van der Waals surface area contributed by atoms with Crippen LogP contribution in [0.3, 0.4) is 0 Å². The molecule has 3 rings (SSSR count). The first kappa shape index (κ1) is 30.0. The lowest BCUT2D eigenvalue weighted by Crippen LogP contribution is -2.52. The second-order valence-electron chi connectivity index (χ2n) is 9.23. The molecule has 0 saturated carbocycles. The molecule has 0 aliphatic heterocycles. The summed E-state index contributed by atoms with van der Waals surface area (Å²) in [7, 11) is 0. The molecule has 0 heterocycles. The third-order valence-corrected chi connectivity index (χ3v) is 8.22. The van der Waals surface area contributed by atoms with Crippen molar-refractivity contribution < 1.29 is 14.3 Å². The molecule has 1 unspecified atom stereocenters. The summed E-state index contributed by atoms with van der Waals surface area (Å²) >= 11 is 16.5. The van der Waals surface area contributed by atoms with Gasteiger partial charge in [0.15, 0.2) is 6.61 Å². The van der Waals surface area contributed by atoms with Gasteiger partial charge in [0.2, 0.25) is 5.91 Å². The minimum Gasteiger partial charge on any atom is -0.484 e. The summed E-state index contributed by atoms with van der Waals surface area (Å²) in [6.07, 6.45) is 2.13. The van der Waals surface area contributed by atoms with Crippen molar-refractivity contribution in [2.24, 2.45) is 0 Å². The Hall–Kier alpha value is -2.54. The molecule has 2 amide bonds. The normalized spacial score (nSPS) is 11.6. The highest BCUT2D eigenvalue weighted by Gasteiger charge is 2.31. The standard InChI is InChI=1S/C30H33BrCl2N2O3/c1-4-5-14-34-30(37)27(17-22-10-7-6-8-11-22)35(18-24-25(32)12-9-13-26(24)33)28(36)19-38-23-15-20(2)29(31)21(3)16-23/h6-13,15-16,27H,4-5,14,17-19H2,1-3H3,(H,34,37). The lowest BCUT2D eigenvalue weighted by atomic mass is 10.0. The molecule has 1 N–H and O–H groups in total. The molecule has 0 aliphatic rings. The van der Waals surface area contributed by atoms with Crippen molar-refractivity contribution in [3.8, 4) is 5.75 Å². The van der Waals surface area contributed by atoms with Gasteiger partial charge in [-0.05, 0) is 61.2 Å². The highest BCUT2D eigenvalue weighted by Crippen LogP contribution is 2.28. The molecule has 0 aromatic heterocycles. The van der Waals surface area contributed by atoms with Crippen molar-refractivity contribution in [1.29, 1.82) is 0 Å². The number of unbranched alkanes of at least 4 members (excludes halogenated alkanes) is 1. The molecular formula is C30H33BrCl2N2O3. The van der Waals surface area contributed by atoms with Gasteiger partial charge < -0.3 is 15.0 Å². The van der Waals surface area contributed by atoms with Crippen molar-refractivity contribution in [3.63, 3.8) is 0 Å². The zero-order chi connectivity index (χ0) is 27.7. The molecule has 8 heteroatoms. The van der Waals surface area contributed by atoms with E-state index in [0.717, 1.165) is 34.0 Å². The zero-order valence-electron chi connectivity index (χ0n) is 21.9. The van der Waals surface area contributed by atoms with E-state index in [1.807, 2.05) is 56.3 Å². The third kappa shape index (κ3) is 8.23. The minimum atomic E-state index is -0.786. The molecule has 0 aliphatic carbocycles. The number of rotatable bonds is 12. The Bertz CT molecular complexity index is 1210. The van der Waals surface area contributed by atoms with Gasteiger partial charge in [-0.1, -0.05) is 88.9 Å². The second-order valence-corrected chi connectivity index (χ2v) is 10.8. The Morgan fingerprint density at radius 3 is 2.24 bits per heavy atom. The number of halogens is 3. The SMILES string of the molecule is CCCCNC(=O)C(Cc1ccccc1)N(Cc1c(Cl)cccc1Cl)C(=O)COc1cc(C)c(Br)c(C)c1. The Morgan fingerprint density at radius 1 is 1.00 bits per heavy atom. The van der Waals surface area contributed by atoms with Crippen LogP contribution in [0.1, 0.15) is 42.0 Å². The summed E-state index contributed by atoms with van der Waals surface area (Å²) < 4.78 is 6.93. The average Bonchev–Trinajstić information content (AvgIpc) is 2.90. The first-order chi connectivity index (χ1) is 18.2. The molecule has 3 aromatic rings. The van der Waals surface area contributed by atoms with Crippen LogP contribution in [-0.2, 0) is 22.6 Å². The van der Waals surface area contributed by atoms with Crippen LogP contribution in [0.25, 0.3) is 0 Å². The molecule has 5 nitrogen and oxygen atoms in total. The van der Waals surface area contributed by atoms with Crippen LogP contribution < -0.4 is 10.1 Å². The van der Waals surface area contributed by atoms with Crippen LogP contribution in [0.5, 0.6) is 5.75 Å². The molecular weight excluding hydrogens is 587 g/mol. The van der Waals surface area contributed by atoms with Crippen LogP contribution in [0.4, 0.5) is 0 Å². The van der Waals surface area contributed by atoms with E-state index in [-0.39, 0.29) is 25.0 Å².